The molecule has 2 aromatic rings. The van der Waals surface area contributed by atoms with Gasteiger partial charge in [-0.1, -0.05) is 18.2 Å². The molecule has 0 aromatic heterocycles. The highest BCUT2D eigenvalue weighted by Gasteiger charge is 2.12. The lowest BCUT2D eigenvalue weighted by Crippen LogP contribution is -2.14. The molecule has 0 aliphatic carbocycles. The maximum absolute atomic E-state index is 12.5. The highest BCUT2D eigenvalue weighted by molar-refractivity contribution is 6.10. The van der Waals surface area contributed by atoms with Crippen LogP contribution in [0.2, 0.25) is 0 Å². The van der Waals surface area contributed by atoms with Crippen molar-refractivity contribution in [3.8, 4) is 23.6 Å². The smallest absolute Gasteiger partial charge is 0.266 e. The van der Waals surface area contributed by atoms with Crippen LogP contribution in [0.5, 0.6) is 11.5 Å². The highest BCUT2D eigenvalue weighted by Crippen LogP contribution is 2.29. The predicted octanol–water partition coefficient (Wildman–Crippen LogP) is 3.76. The first-order chi connectivity index (χ1) is 13.0. The summed E-state index contributed by atoms with van der Waals surface area (Å²) in [6, 6.07) is 14.3. The van der Waals surface area contributed by atoms with Gasteiger partial charge >= 0.3 is 0 Å². The Labute approximate surface area is 158 Å². The van der Waals surface area contributed by atoms with Crippen LogP contribution in [0.25, 0.3) is 6.08 Å². The summed E-state index contributed by atoms with van der Waals surface area (Å²) in [7, 11) is 1.47. The molecule has 0 atom stereocenters. The number of nitrogens with zero attached hydrogens (tertiary/aromatic N) is 2. The molecule has 2 rings (SSSR count). The normalized spacial score (nSPS) is 10.5. The van der Waals surface area contributed by atoms with Crippen LogP contribution in [-0.2, 0) is 4.79 Å². The molecule has 6 nitrogen and oxygen atoms in total. The van der Waals surface area contributed by atoms with Crippen molar-refractivity contribution in [3.05, 3.63) is 58.7 Å². The lowest BCUT2D eigenvalue weighted by atomic mass is 10.1. The van der Waals surface area contributed by atoms with Crippen molar-refractivity contribution in [3.63, 3.8) is 0 Å². The first-order valence-corrected chi connectivity index (χ1v) is 8.17. The lowest BCUT2D eigenvalue weighted by Gasteiger charge is -2.10. The van der Waals surface area contributed by atoms with E-state index in [1.807, 2.05) is 38.1 Å². The molecule has 0 spiro atoms. The van der Waals surface area contributed by atoms with Gasteiger partial charge in [0.15, 0.2) is 18.1 Å². The van der Waals surface area contributed by atoms with Crippen LogP contribution in [0.1, 0.15) is 16.7 Å². The molecule has 0 aliphatic heterocycles. The van der Waals surface area contributed by atoms with Gasteiger partial charge in [0.2, 0.25) is 0 Å². The van der Waals surface area contributed by atoms with E-state index in [0.29, 0.717) is 22.7 Å². The summed E-state index contributed by atoms with van der Waals surface area (Å²) in [5.41, 5.74) is 3.23. The van der Waals surface area contributed by atoms with Crippen molar-refractivity contribution in [2.75, 3.05) is 19.0 Å². The van der Waals surface area contributed by atoms with Gasteiger partial charge in [0.1, 0.15) is 17.7 Å². The standard InChI is InChI=1S/C21H19N3O3/c1-14-5-4-6-18(15(14)2)24-21(25)17(13-23)11-16-7-8-19(27-10-9-22)20(12-16)26-3/h4-8,11-12H,10H2,1-3H3,(H,24,25)/b17-11+. The summed E-state index contributed by atoms with van der Waals surface area (Å²) < 4.78 is 10.5. The summed E-state index contributed by atoms with van der Waals surface area (Å²) in [6.45, 7) is 3.76. The zero-order valence-electron chi connectivity index (χ0n) is 15.4. The van der Waals surface area contributed by atoms with Crippen LogP contribution >= 0.6 is 0 Å². The number of anilines is 1. The fourth-order valence-corrected chi connectivity index (χ4v) is 2.39. The van der Waals surface area contributed by atoms with E-state index in [4.69, 9.17) is 14.7 Å². The Bertz CT molecular complexity index is 966. The second-order valence-corrected chi connectivity index (χ2v) is 5.73. The van der Waals surface area contributed by atoms with Crippen molar-refractivity contribution in [2.45, 2.75) is 13.8 Å². The number of methoxy groups -OCH3 is 1. The van der Waals surface area contributed by atoms with Crippen molar-refractivity contribution < 1.29 is 14.3 Å². The number of hydrogen-bond donors (Lipinski definition) is 1. The van der Waals surface area contributed by atoms with Gasteiger partial charge in [-0.2, -0.15) is 10.5 Å². The summed E-state index contributed by atoms with van der Waals surface area (Å²) in [5, 5.41) is 20.8. The topological polar surface area (TPSA) is 95.1 Å². The number of benzene rings is 2. The molecule has 0 saturated carbocycles. The number of carbonyl (C=O) groups excluding carboxylic acids is 1. The second-order valence-electron chi connectivity index (χ2n) is 5.73. The number of aryl methyl sites for hydroxylation is 1. The van der Waals surface area contributed by atoms with Crippen LogP contribution in [-0.4, -0.2) is 19.6 Å². The van der Waals surface area contributed by atoms with Crippen LogP contribution in [0.15, 0.2) is 42.0 Å². The third kappa shape index (κ3) is 4.87. The molecule has 0 radical (unpaired) electrons. The summed E-state index contributed by atoms with van der Waals surface area (Å²) in [4.78, 5) is 12.5. The largest absolute Gasteiger partial charge is 0.493 e. The van der Waals surface area contributed by atoms with Gasteiger partial charge < -0.3 is 14.8 Å². The average Bonchev–Trinajstić information content (AvgIpc) is 2.68. The zero-order valence-corrected chi connectivity index (χ0v) is 15.4. The van der Waals surface area contributed by atoms with Gasteiger partial charge in [-0.05, 0) is 54.8 Å². The van der Waals surface area contributed by atoms with E-state index in [1.54, 1.807) is 24.3 Å². The zero-order chi connectivity index (χ0) is 19.8. The Hall–Kier alpha value is -3.77. The van der Waals surface area contributed by atoms with Gasteiger partial charge in [0.25, 0.3) is 5.91 Å². The van der Waals surface area contributed by atoms with Gasteiger partial charge in [0.05, 0.1) is 7.11 Å². The molecule has 136 valence electrons. The van der Waals surface area contributed by atoms with E-state index in [1.165, 1.54) is 13.2 Å². The van der Waals surface area contributed by atoms with Crippen LogP contribution in [0, 0.1) is 36.5 Å². The molecule has 0 bridgehead atoms. The molecule has 2 aromatic carbocycles. The first-order valence-electron chi connectivity index (χ1n) is 8.17. The maximum Gasteiger partial charge on any atom is 0.266 e. The van der Waals surface area contributed by atoms with E-state index in [2.05, 4.69) is 5.32 Å². The molecule has 0 heterocycles. The summed E-state index contributed by atoms with van der Waals surface area (Å²) in [5.74, 6) is 0.329. The number of carbonyl (C=O) groups is 1. The first kappa shape index (κ1) is 19.6. The van der Waals surface area contributed by atoms with Gasteiger partial charge in [-0.3, -0.25) is 4.79 Å². The Balaban J connectivity index is 2.27. The average molecular weight is 361 g/mol. The third-order valence-electron chi connectivity index (χ3n) is 4.01. The fraction of sp³-hybridized carbons (Fsp3) is 0.190. The van der Waals surface area contributed by atoms with Crippen molar-refractivity contribution >= 4 is 17.7 Å². The molecular weight excluding hydrogens is 342 g/mol. The van der Waals surface area contributed by atoms with Gasteiger partial charge in [-0.15, -0.1) is 0 Å². The van der Waals surface area contributed by atoms with E-state index in [-0.39, 0.29) is 12.2 Å². The second kappa shape index (κ2) is 9.07. The van der Waals surface area contributed by atoms with E-state index in [0.717, 1.165) is 11.1 Å². The minimum atomic E-state index is -0.491. The number of hydrogen-bond acceptors (Lipinski definition) is 5. The highest BCUT2D eigenvalue weighted by atomic mass is 16.5. The molecule has 0 saturated heterocycles. The Kier molecular flexibility index (Phi) is 6.57. The summed E-state index contributed by atoms with van der Waals surface area (Å²) >= 11 is 0. The SMILES string of the molecule is COc1cc(/C=C(\C#N)C(=O)Nc2cccc(C)c2C)ccc1OCC#N. The molecule has 1 amide bonds. The number of rotatable bonds is 6. The minimum absolute atomic E-state index is 0.0383. The molecule has 0 unspecified atom stereocenters. The van der Waals surface area contributed by atoms with E-state index < -0.39 is 5.91 Å². The Morgan fingerprint density at radius 2 is 1.96 bits per heavy atom. The summed E-state index contributed by atoms with van der Waals surface area (Å²) in [6.07, 6.45) is 1.47. The third-order valence-corrected chi connectivity index (χ3v) is 4.01. The van der Waals surface area contributed by atoms with E-state index >= 15 is 0 Å². The van der Waals surface area contributed by atoms with Crippen molar-refractivity contribution in [1.29, 1.82) is 10.5 Å². The molecule has 0 aliphatic rings. The number of nitriles is 2. The Morgan fingerprint density at radius 3 is 2.63 bits per heavy atom. The number of amides is 1. The molecule has 6 heteroatoms. The quantitative estimate of drug-likeness (QED) is 0.624. The van der Waals surface area contributed by atoms with Gasteiger partial charge in [0, 0.05) is 5.69 Å². The number of ether oxygens (including phenoxy) is 2. The molecule has 1 N–H and O–H groups in total. The minimum Gasteiger partial charge on any atom is -0.493 e. The van der Waals surface area contributed by atoms with Crippen molar-refractivity contribution in [2.24, 2.45) is 0 Å². The molecule has 27 heavy (non-hydrogen) atoms. The fourth-order valence-electron chi connectivity index (χ4n) is 2.39. The maximum atomic E-state index is 12.5. The van der Waals surface area contributed by atoms with E-state index in [9.17, 15) is 10.1 Å². The predicted molar refractivity (Wildman–Crippen MR) is 102 cm³/mol. The van der Waals surface area contributed by atoms with Crippen LogP contribution < -0.4 is 14.8 Å². The lowest BCUT2D eigenvalue weighted by molar-refractivity contribution is -0.112. The van der Waals surface area contributed by atoms with Crippen LogP contribution in [0.3, 0.4) is 0 Å². The molecule has 0 fully saturated rings. The monoisotopic (exact) mass is 361 g/mol. The Morgan fingerprint density at radius 1 is 1.19 bits per heavy atom. The van der Waals surface area contributed by atoms with Gasteiger partial charge in [-0.25, -0.2) is 0 Å². The molecular formula is C21H19N3O3. The van der Waals surface area contributed by atoms with Crippen LogP contribution in [0.4, 0.5) is 5.69 Å². The van der Waals surface area contributed by atoms with Crippen molar-refractivity contribution in [1.82, 2.24) is 0 Å². The number of nitrogens with one attached hydrogen (secondary N) is 1.